The second kappa shape index (κ2) is 4.78. The van der Waals surface area contributed by atoms with E-state index in [9.17, 15) is 8.78 Å². The van der Waals surface area contributed by atoms with Gasteiger partial charge in [0.05, 0.1) is 0 Å². The van der Waals surface area contributed by atoms with Crippen molar-refractivity contribution in [1.82, 2.24) is 0 Å². The molecule has 0 saturated carbocycles. The summed E-state index contributed by atoms with van der Waals surface area (Å²) >= 11 is 5.67. The predicted molar refractivity (Wildman–Crippen MR) is 61.6 cm³/mol. The lowest BCUT2D eigenvalue weighted by Crippen LogP contribution is -2.08. The van der Waals surface area contributed by atoms with E-state index in [-0.39, 0.29) is 10.6 Å². The van der Waals surface area contributed by atoms with Gasteiger partial charge in [0, 0.05) is 29.2 Å². The normalized spacial score (nSPS) is 15.4. The van der Waals surface area contributed by atoms with Gasteiger partial charge in [-0.05, 0) is 24.6 Å². The van der Waals surface area contributed by atoms with Crippen molar-refractivity contribution >= 4 is 23.1 Å². The van der Waals surface area contributed by atoms with Gasteiger partial charge in [-0.2, -0.15) is 0 Å². The molecular weight excluding hydrogens is 234 g/mol. The molecule has 1 aromatic carbocycles. The van der Waals surface area contributed by atoms with Crippen LogP contribution in [0, 0.1) is 0 Å². The number of hydrogen-bond donors (Lipinski definition) is 1. The van der Waals surface area contributed by atoms with Crippen molar-refractivity contribution in [2.45, 2.75) is 19.3 Å². The predicted octanol–water partition coefficient (Wildman–Crippen LogP) is 3.88. The third kappa shape index (κ3) is 2.50. The lowest BCUT2D eigenvalue weighted by atomic mass is 10.2. The smallest absolute Gasteiger partial charge is 0.265 e. The minimum Gasteiger partial charge on any atom is -0.344 e. The zero-order valence-corrected chi connectivity index (χ0v) is 9.27. The second-order valence-electron chi connectivity index (χ2n) is 3.59. The minimum atomic E-state index is -2.56. The van der Waals surface area contributed by atoms with Crippen molar-refractivity contribution in [1.29, 1.82) is 0 Å². The van der Waals surface area contributed by atoms with E-state index < -0.39 is 6.43 Å². The maximum Gasteiger partial charge on any atom is 0.265 e. The van der Waals surface area contributed by atoms with Crippen LogP contribution in [0.3, 0.4) is 0 Å². The van der Waals surface area contributed by atoms with Crippen molar-refractivity contribution in [3.63, 3.8) is 0 Å². The summed E-state index contributed by atoms with van der Waals surface area (Å²) in [6, 6.07) is 4.52. The molecular formula is C11H11ClF2N2. The lowest BCUT2D eigenvalue weighted by molar-refractivity contribution is 0.151. The molecule has 86 valence electrons. The van der Waals surface area contributed by atoms with Gasteiger partial charge in [-0.1, -0.05) is 11.6 Å². The van der Waals surface area contributed by atoms with Gasteiger partial charge in [-0.25, -0.2) is 8.78 Å². The maximum atomic E-state index is 12.6. The summed E-state index contributed by atoms with van der Waals surface area (Å²) in [5, 5.41) is 3.11. The van der Waals surface area contributed by atoms with Crippen LogP contribution in [0.5, 0.6) is 0 Å². The molecule has 0 atom stereocenters. The third-order valence-corrected chi connectivity index (χ3v) is 2.74. The molecule has 0 radical (unpaired) electrons. The zero-order chi connectivity index (χ0) is 11.5. The molecule has 1 aromatic rings. The first kappa shape index (κ1) is 11.3. The number of amidine groups is 1. The Morgan fingerprint density at radius 1 is 1.38 bits per heavy atom. The Bertz CT molecular complexity index is 418. The van der Waals surface area contributed by atoms with E-state index in [4.69, 9.17) is 11.6 Å². The average molecular weight is 245 g/mol. The summed E-state index contributed by atoms with van der Waals surface area (Å²) in [7, 11) is 0. The monoisotopic (exact) mass is 244 g/mol. The van der Waals surface area contributed by atoms with Gasteiger partial charge in [0.1, 0.15) is 5.84 Å². The fourth-order valence-electron chi connectivity index (χ4n) is 1.60. The van der Waals surface area contributed by atoms with Crippen LogP contribution in [-0.4, -0.2) is 12.4 Å². The average Bonchev–Trinajstić information content (AvgIpc) is 2.73. The summed E-state index contributed by atoms with van der Waals surface area (Å²) in [4.78, 5) is 4.21. The van der Waals surface area contributed by atoms with E-state index in [1.54, 1.807) is 6.07 Å². The number of nitrogens with zero attached hydrogens (tertiary/aromatic N) is 1. The molecule has 5 heteroatoms. The van der Waals surface area contributed by atoms with Crippen LogP contribution >= 0.6 is 11.6 Å². The number of benzene rings is 1. The Kier molecular flexibility index (Phi) is 3.39. The van der Waals surface area contributed by atoms with Gasteiger partial charge in [0.15, 0.2) is 0 Å². The van der Waals surface area contributed by atoms with Crippen LogP contribution in [0.25, 0.3) is 0 Å². The molecule has 0 unspecified atom stereocenters. The van der Waals surface area contributed by atoms with Crippen LogP contribution in [0.15, 0.2) is 23.2 Å². The largest absolute Gasteiger partial charge is 0.344 e. The van der Waals surface area contributed by atoms with E-state index in [0.717, 1.165) is 25.2 Å². The van der Waals surface area contributed by atoms with Crippen molar-refractivity contribution in [3.05, 3.63) is 28.8 Å². The lowest BCUT2D eigenvalue weighted by Gasteiger charge is -2.09. The third-order valence-electron chi connectivity index (χ3n) is 2.39. The number of halogens is 3. The molecule has 16 heavy (non-hydrogen) atoms. The molecule has 1 N–H and O–H groups in total. The number of anilines is 1. The highest BCUT2D eigenvalue weighted by molar-refractivity contribution is 6.31. The summed E-state index contributed by atoms with van der Waals surface area (Å²) < 4.78 is 25.2. The number of alkyl halides is 2. The first-order valence-corrected chi connectivity index (χ1v) is 5.42. The fraction of sp³-hybridized carbons (Fsp3) is 0.364. The van der Waals surface area contributed by atoms with Crippen LogP contribution in [0.1, 0.15) is 24.8 Å². The highest BCUT2D eigenvalue weighted by Gasteiger charge is 2.13. The van der Waals surface area contributed by atoms with Gasteiger partial charge in [-0.15, -0.1) is 0 Å². The Morgan fingerprint density at radius 2 is 2.19 bits per heavy atom. The Morgan fingerprint density at radius 3 is 2.81 bits per heavy atom. The summed E-state index contributed by atoms with van der Waals surface area (Å²) in [6.07, 6.45) is -0.677. The molecule has 0 bridgehead atoms. The highest BCUT2D eigenvalue weighted by Crippen LogP contribution is 2.29. The molecule has 0 fully saturated rings. The molecule has 0 aliphatic carbocycles. The molecule has 1 aliphatic heterocycles. The summed E-state index contributed by atoms with van der Waals surface area (Å²) in [6.45, 7) is 0.803. The van der Waals surface area contributed by atoms with Crippen LogP contribution in [0.2, 0.25) is 5.02 Å². The number of aliphatic imine (C=N–C) groups is 1. The first-order chi connectivity index (χ1) is 7.66. The topological polar surface area (TPSA) is 24.4 Å². The maximum absolute atomic E-state index is 12.6. The molecule has 0 saturated heterocycles. The molecule has 2 rings (SSSR count). The SMILES string of the molecule is FC(F)c1cc(NC2=NCCC2)ccc1Cl. The van der Waals surface area contributed by atoms with E-state index in [1.807, 2.05) is 0 Å². The van der Waals surface area contributed by atoms with E-state index >= 15 is 0 Å². The van der Waals surface area contributed by atoms with Crippen molar-refractivity contribution in [3.8, 4) is 0 Å². The highest BCUT2D eigenvalue weighted by atomic mass is 35.5. The van der Waals surface area contributed by atoms with Gasteiger partial charge in [0.2, 0.25) is 0 Å². The molecule has 1 aliphatic rings. The quantitative estimate of drug-likeness (QED) is 0.839. The van der Waals surface area contributed by atoms with Crippen molar-refractivity contribution in [2.24, 2.45) is 4.99 Å². The van der Waals surface area contributed by atoms with Crippen LogP contribution < -0.4 is 5.32 Å². The Hall–Kier alpha value is -1.16. The fourth-order valence-corrected chi connectivity index (χ4v) is 1.80. The molecule has 0 amide bonds. The molecule has 2 nitrogen and oxygen atoms in total. The summed E-state index contributed by atoms with van der Waals surface area (Å²) in [5.41, 5.74) is 0.464. The van der Waals surface area contributed by atoms with Gasteiger partial charge >= 0.3 is 0 Å². The Balaban J connectivity index is 2.18. The van der Waals surface area contributed by atoms with Gasteiger partial charge in [-0.3, -0.25) is 4.99 Å². The summed E-state index contributed by atoms with van der Waals surface area (Å²) in [5.74, 6) is 0.850. The van der Waals surface area contributed by atoms with E-state index in [2.05, 4.69) is 10.3 Å². The van der Waals surface area contributed by atoms with Gasteiger partial charge in [0.25, 0.3) is 6.43 Å². The molecule has 0 aromatic heterocycles. The van der Waals surface area contributed by atoms with E-state index in [0.29, 0.717) is 5.69 Å². The van der Waals surface area contributed by atoms with Crippen molar-refractivity contribution in [2.75, 3.05) is 11.9 Å². The number of rotatable bonds is 2. The zero-order valence-electron chi connectivity index (χ0n) is 8.51. The first-order valence-electron chi connectivity index (χ1n) is 5.05. The molecule has 1 heterocycles. The van der Waals surface area contributed by atoms with E-state index in [1.165, 1.54) is 12.1 Å². The standard InChI is InChI=1S/C11H11ClF2N2/c12-9-4-3-7(6-8(9)11(13)14)16-10-2-1-5-15-10/h3-4,6,11H,1-2,5H2,(H,15,16). The second-order valence-corrected chi connectivity index (χ2v) is 4.00. The van der Waals surface area contributed by atoms with Crippen molar-refractivity contribution < 1.29 is 8.78 Å². The Labute approximate surface area is 97.3 Å². The minimum absolute atomic E-state index is 0.0916. The molecule has 0 spiro atoms. The van der Waals surface area contributed by atoms with Crippen LogP contribution in [-0.2, 0) is 0 Å². The van der Waals surface area contributed by atoms with Gasteiger partial charge < -0.3 is 5.32 Å². The van der Waals surface area contributed by atoms with Crippen LogP contribution in [0.4, 0.5) is 14.5 Å². The number of nitrogens with one attached hydrogen (secondary N) is 1. The number of hydrogen-bond acceptors (Lipinski definition) is 2.